The van der Waals surface area contributed by atoms with Gasteiger partial charge < -0.3 is 10.6 Å². The summed E-state index contributed by atoms with van der Waals surface area (Å²) in [4.78, 5) is 0. The third-order valence-corrected chi connectivity index (χ3v) is 4.53. The van der Waals surface area contributed by atoms with Gasteiger partial charge in [-0.15, -0.1) is 0 Å². The molecule has 1 aliphatic rings. The van der Waals surface area contributed by atoms with Crippen molar-refractivity contribution in [1.82, 2.24) is 5.32 Å². The number of halogens is 2. The molecule has 4 heteroatoms. The van der Waals surface area contributed by atoms with Crippen LogP contribution in [0.2, 0.25) is 5.02 Å². The van der Waals surface area contributed by atoms with E-state index < -0.39 is 0 Å². The maximum Gasteiger partial charge on any atom is 0.123 e. The fraction of sp³-hybridized carbons (Fsp3) is 0.333. The van der Waals surface area contributed by atoms with Gasteiger partial charge in [0.05, 0.1) is 10.7 Å². The molecule has 2 aromatic rings. The summed E-state index contributed by atoms with van der Waals surface area (Å²) in [5.74, 6) is -0.214. The Hall–Kier alpha value is -1.58. The van der Waals surface area contributed by atoms with Gasteiger partial charge in [0.2, 0.25) is 0 Å². The summed E-state index contributed by atoms with van der Waals surface area (Å²) in [6.45, 7) is 4.03. The third-order valence-electron chi connectivity index (χ3n) is 4.21. The largest absolute Gasteiger partial charge is 0.377 e. The number of fused-ring (bicyclic) bond motifs is 1. The van der Waals surface area contributed by atoms with Crippen molar-refractivity contribution in [2.45, 2.75) is 25.8 Å². The fourth-order valence-electron chi connectivity index (χ4n) is 2.95. The molecule has 0 saturated carbocycles. The Balaban J connectivity index is 1.89. The highest BCUT2D eigenvalue weighted by Crippen LogP contribution is 2.33. The van der Waals surface area contributed by atoms with E-state index in [1.165, 1.54) is 23.3 Å². The summed E-state index contributed by atoms with van der Waals surface area (Å²) in [5.41, 5.74) is 4.70. The van der Waals surface area contributed by atoms with E-state index in [9.17, 15) is 4.39 Å². The van der Waals surface area contributed by atoms with Gasteiger partial charge in [-0.3, -0.25) is 0 Å². The first-order valence-corrected chi connectivity index (χ1v) is 8.06. The molecule has 0 saturated heterocycles. The molecule has 1 atom stereocenters. The Bertz CT molecular complexity index is 655. The second-order valence-electron chi connectivity index (χ2n) is 5.73. The van der Waals surface area contributed by atoms with E-state index in [1.54, 1.807) is 0 Å². The predicted molar refractivity (Wildman–Crippen MR) is 90.2 cm³/mol. The number of nitrogens with one attached hydrogen (secondary N) is 2. The molecule has 0 unspecified atom stereocenters. The number of anilines is 1. The Morgan fingerprint density at radius 2 is 1.82 bits per heavy atom. The number of rotatable bonds is 3. The van der Waals surface area contributed by atoms with E-state index in [4.69, 9.17) is 11.6 Å². The Kier molecular flexibility index (Phi) is 4.65. The molecular weight excluding hydrogens is 299 g/mol. The average Bonchev–Trinajstić information content (AvgIpc) is 2.76. The molecule has 22 heavy (non-hydrogen) atoms. The maximum absolute atomic E-state index is 13.1. The summed E-state index contributed by atoms with van der Waals surface area (Å²) >= 11 is 6.43. The van der Waals surface area contributed by atoms with Gasteiger partial charge in [0.15, 0.2) is 0 Å². The van der Waals surface area contributed by atoms with Crippen LogP contribution in [-0.4, -0.2) is 13.1 Å². The number of hydrogen-bond donors (Lipinski definition) is 2. The average molecular weight is 319 g/mol. The van der Waals surface area contributed by atoms with Gasteiger partial charge in [-0.2, -0.15) is 0 Å². The predicted octanol–water partition coefficient (Wildman–Crippen LogP) is 4.34. The minimum atomic E-state index is -0.214. The summed E-state index contributed by atoms with van der Waals surface area (Å²) in [6.07, 6.45) is 1.99. The van der Waals surface area contributed by atoms with Crippen LogP contribution >= 0.6 is 11.6 Å². The summed E-state index contributed by atoms with van der Waals surface area (Å²) < 4.78 is 13.1. The molecule has 0 amide bonds. The van der Waals surface area contributed by atoms with Crippen molar-refractivity contribution in [3.63, 3.8) is 0 Å². The van der Waals surface area contributed by atoms with Gasteiger partial charge in [0.25, 0.3) is 0 Å². The molecule has 0 radical (unpaired) electrons. The fourth-order valence-corrected chi connectivity index (χ4v) is 3.18. The van der Waals surface area contributed by atoms with Crippen molar-refractivity contribution in [2.75, 3.05) is 18.4 Å². The molecule has 0 spiro atoms. The second kappa shape index (κ2) is 6.67. The monoisotopic (exact) mass is 318 g/mol. The van der Waals surface area contributed by atoms with Crippen molar-refractivity contribution in [1.29, 1.82) is 0 Å². The molecule has 0 aromatic heterocycles. The zero-order valence-corrected chi connectivity index (χ0v) is 13.4. The normalized spacial score (nSPS) is 15.8. The quantitative estimate of drug-likeness (QED) is 0.879. The van der Waals surface area contributed by atoms with Crippen molar-refractivity contribution >= 4 is 17.3 Å². The minimum absolute atomic E-state index is 0.0702. The lowest BCUT2D eigenvalue weighted by Gasteiger charge is -2.21. The summed E-state index contributed by atoms with van der Waals surface area (Å²) in [6, 6.07) is 10.8. The van der Waals surface area contributed by atoms with Gasteiger partial charge in [0.1, 0.15) is 5.82 Å². The highest BCUT2D eigenvalue weighted by molar-refractivity contribution is 6.33. The van der Waals surface area contributed by atoms with Gasteiger partial charge >= 0.3 is 0 Å². The first-order valence-electron chi connectivity index (χ1n) is 7.68. The van der Waals surface area contributed by atoms with Crippen LogP contribution < -0.4 is 10.6 Å². The van der Waals surface area contributed by atoms with Crippen molar-refractivity contribution in [3.05, 3.63) is 63.9 Å². The highest BCUT2D eigenvalue weighted by Gasteiger charge is 2.16. The molecular formula is C18H20ClFN2. The van der Waals surface area contributed by atoms with Crippen LogP contribution in [0.3, 0.4) is 0 Å². The van der Waals surface area contributed by atoms with Crippen LogP contribution in [0.4, 0.5) is 10.1 Å². The summed E-state index contributed by atoms with van der Waals surface area (Å²) in [5, 5.41) is 7.68. The van der Waals surface area contributed by atoms with Crippen molar-refractivity contribution < 1.29 is 4.39 Å². The van der Waals surface area contributed by atoms with Gasteiger partial charge in [-0.1, -0.05) is 29.8 Å². The lowest BCUT2D eigenvalue weighted by molar-refractivity contribution is 0.626. The third kappa shape index (κ3) is 3.26. The number of hydrogen-bond acceptors (Lipinski definition) is 2. The zero-order chi connectivity index (χ0) is 15.5. The SMILES string of the molecule is C[C@H](Nc1c(Cl)ccc2c1CCNCC2)c1ccc(F)cc1. The lowest BCUT2D eigenvalue weighted by atomic mass is 9.99. The van der Waals surface area contributed by atoms with E-state index in [1.807, 2.05) is 18.2 Å². The van der Waals surface area contributed by atoms with Crippen molar-refractivity contribution in [3.8, 4) is 0 Å². The zero-order valence-electron chi connectivity index (χ0n) is 12.6. The smallest absolute Gasteiger partial charge is 0.123 e. The Morgan fingerprint density at radius 1 is 1.09 bits per heavy atom. The van der Waals surface area contributed by atoms with Gasteiger partial charge in [-0.05, 0) is 67.7 Å². The topological polar surface area (TPSA) is 24.1 Å². The van der Waals surface area contributed by atoms with Crippen molar-refractivity contribution in [2.24, 2.45) is 0 Å². The Labute approximate surface area is 135 Å². The summed E-state index contributed by atoms with van der Waals surface area (Å²) in [7, 11) is 0. The molecule has 0 bridgehead atoms. The molecule has 2 nitrogen and oxygen atoms in total. The molecule has 2 aromatic carbocycles. The van der Waals surface area contributed by atoms with E-state index in [0.717, 1.165) is 42.2 Å². The van der Waals surface area contributed by atoms with E-state index >= 15 is 0 Å². The molecule has 0 aliphatic carbocycles. The van der Waals surface area contributed by atoms with E-state index in [-0.39, 0.29) is 11.9 Å². The van der Waals surface area contributed by atoms with Crippen LogP contribution in [-0.2, 0) is 12.8 Å². The van der Waals surface area contributed by atoms with Crippen LogP contribution in [0, 0.1) is 5.82 Å². The standard InChI is InChI=1S/C18H20ClFN2/c1-12(13-2-5-15(20)6-3-13)22-18-16-9-11-21-10-8-14(16)4-7-17(18)19/h2-7,12,21-22H,8-11H2,1H3/t12-/m0/s1. The molecule has 1 heterocycles. The second-order valence-corrected chi connectivity index (χ2v) is 6.13. The van der Waals surface area contributed by atoms with Crippen LogP contribution in [0.5, 0.6) is 0 Å². The van der Waals surface area contributed by atoms with Crippen LogP contribution in [0.25, 0.3) is 0 Å². The van der Waals surface area contributed by atoms with Gasteiger partial charge in [0, 0.05) is 6.04 Å². The molecule has 116 valence electrons. The van der Waals surface area contributed by atoms with E-state index in [2.05, 4.69) is 23.6 Å². The van der Waals surface area contributed by atoms with Gasteiger partial charge in [-0.25, -0.2) is 4.39 Å². The molecule has 1 aliphatic heterocycles. The highest BCUT2D eigenvalue weighted by atomic mass is 35.5. The molecule has 0 fully saturated rings. The lowest BCUT2D eigenvalue weighted by Crippen LogP contribution is -2.16. The van der Waals surface area contributed by atoms with Crippen LogP contribution in [0.15, 0.2) is 36.4 Å². The first kappa shape index (κ1) is 15.3. The molecule has 3 rings (SSSR count). The minimum Gasteiger partial charge on any atom is -0.377 e. The Morgan fingerprint density at radius 3 is 2.59 bits per heavy atom. The van der Waals surface area contributed by atoms with E-state index in [0.29, 0.717) is 0 Å². The first-order chi connectivity index (χ1) is 10.6. The number of benzene rings is 2. The molecule has 2 N–H and O–H groups in total. The maximum atomic E-state index is 13.1. The van der Waals surface area contributed by atoms with Crippen LogP contribution in [0.1, 0.15) is 29.7 Å².